The molecule has 6 rings (SSSR count). The molecule has 0 aliphatic carbocycles. The van der Waals surface area contributed by atoms with E-state index < -0.39 is 35.6 Å². The van der Waals surface area contributed by atoms with Crippen LogP contribution < -0.4 is 26.2 Å². The number of anilines is 1. The summed E-state index contributed by atoms with van der Waals surface area (Å²) in [6.45, 7) is 0.216. The fraction of sp³-hybridized carbons (Fsp3) is 0.237. The van der Waals surface area contributed by atoms with E-state index in [4.69, 9.17) is 24.7 Å². The molecule has 1 amide bonds. The predicted molar refractivity (Wildman–Crippen MR) is 183 cm³/mol. The van der Waals surface area contributed by atoms with Crippen molar-refractivity contribution < 1.29 is 28.8 Å². The third-order valence-corrected chi connectivity index (χ3v) is 8.67. The molecule has 11 nitrogen and oxygen atoms in total. The van der Waals surface area contributed by atoms with Crippen molar-refractivity contribution in [2.75, 3.05) is 26.6 Å². The van der Waals surface area contributed by atoms with Crippen LogP contribution in [0.25, 0.3) is 0 Å². The van der Waals surface area contributed by atoms with Crippen LogP contribution in [-0.2, 0) is 21.6 Å². The summed E-state index contributed by atoms with van der Waals surface area (Å²) < 4.78 is 25.2. The average molecular weight is 663 g/mol. The number of aromatic nitrogens is 2. The number of aliphatic hydroxyl groups excluding tert-OH is 1. The normalized spacial score (nSPS) is 17.4. The van der Waals surface area contributed by atoms with Crippen molar-refractivity contribution in [3.63, 3.8) is 0 Å². The number of aliphatic hydroxyl groups is 1. The first-order chi connectivity index (χ1) is 23.8. The lowest BCUT2D eigenvalue weighted by Gasteiger charge is -2.37. The minimum absolute atomic E-state index is 0.0235. The van der Waals surface area contributed by atoms with Crippen LogP contribution in [0.1, 0.15) is 45.3 Å². The van der Waals surface area contributed by atoms with Gasteiger partial charge >= 0.3 is 5.69 Å². The number of hydrogen-bond acceptors (Lipinski definition) is 9. The van der Waals surface area contributed by atoms with Crippen molar-refractivity contribution >= 4 is 11.7 Å². The van der Waals surface area contributed by atoms with Crippen molar-refractivity contribution in [3.8, 4) is 11.5 Å². The highest BCUT2D eigenvalue weighted by Gasteiger charge is 2.42. The number of rotatable bonds is 12. The number of carbonyl (C=O) groups excluding carboxylic acids is 1. The van der Waals surface area contributed by atoms with Crippen LogP contribution in [0.15, 0.2) is 120 Å². The Hall–Kier alpha value is -5.49. The van der Waals surface area contributed by atoms with Crippen molar-refractivity contribution in [2.45, 2.75) is 37.0 Å². The van der Waals surface area contributed by atoms with E-state index in [-0.39, 0.29) is 31.0 Å². The molecule has 252 valence electrons. The average Bonchev–Trinajstić information content (AvgIpc) is 3.51. The molecule has 5 aromatic rings. The largest absolute Gasteiger partial charge is 0.497 e. The molecule has 49 heavy (non-hydrogen) atoms. The molecular formula is C38H38N4O7. The topological polar surface area (TPSA) is 147 Å². The first-order valence-electron chi connectivity index (χ1n) is 15.8. The highest BCUT2D eigenvalue weighted by atomic mass is 16.6. The van der Waals surface area contributed by atoms with Crippen molar-refractivity contribution in [2.24, 2.45) is 0 Å². The smallest absolute Gasteiger partial charge is 0.351 e. The van der Waals surface area contributed by atoms with E-state index in [1.165, 1.54) is 10.8 Å². The van der Waals surface area contributed by atoms with Gasteiger partial charge in [-0.3, -0.25) is 9.36 Å². The van der Waals surface area contributed by atoms with E-state index in [0.29, 0.717) is 11.5 Å². The number of methoxy groups -OCH3 is 2. The van der Waals surface area contributed by atoms with E-state index in [2.05, 4.69) is 10.3 Å². The minimum Gasteiger partial charge on any atom is -0.497 e. The van der Waals surface area contributed by atoms with Crippen LogP contribution in [0.5, 0.6) is 11.5 Å². The molecule has 11 heteroatoms. The van der Waals surface area contributed by atoms with Crippen molar-refractivity contribution in [1.82, 2.24) is 14.9 Å². The molecular weight excluding hydrogens is 624 g/mol. The summed E-state index contributed by atoms with van der Waals surface area (Å²) in [5, 5.41) is 14.0. The molecule has 0 spiro atoms. The molecule has 1 saturated heterocycles. The Labute approximate surface area is 283 Å². The van der Waals surface area contributed by atoms with E-state index in [9.17, 15) is 14.7 Å². The Morgan fingerprint density at radius 3 is 2.02 bits per heavy atom. The zero-order valence-electron chi connectivity index (χ0n) is 27.2. The number of ether oxygens (including phenoxy) is 4. The van der Waals surface area contributed by atoms with Crippen LogP contribution in [0.2, 0.25) is 0 Å². The van der Waals surface area contributed by atoms with Crippen molar-refractivity contribution in [1.29, 1.82) is 0 Å². The zero-order valence-corrected chi connectivity index (χ0v) is 27.2. The van der Waals surface area contributed by atoms with Gasteiger partial charge in [-0.2, -0.15) is 4.98 Å². The molecule has 3 atom stereocenters. The molecule has 0 radical (unpaired) electrons. The molecule has 4 N–H and O–H groups in total. The van der Waals surface area contributed by atoms with Gasteiger partial charge in [0.25, 0.3) is 5.91 Å². The Morgan fingerprint density at radius 2 is 1.45 bits per heavy atom. The summed E-state index contributed by atoms with van der Waals surface area (Å²) >= 11 is 0. The zero-order chi connectivity index (χ0) is 34.4. The molecule has 4 aromatic carbocycles. The van der Waals surface area contributed by atoms with Gasteiger partial charge in [0.15, 0.2) is 0 Å². The number of nitrogens with one attached hydrogen (secondary N) is 1. The van der Waals surface area contributed by atoms with Gasteiger partial charge < -0.3 is 35.1 Å². The van der Waals surface area contributed by atoms with E-state index in [1.54, 1.807) is 14.2 Å². The second kappa shape index (κ2) is 14.7. The Balaban J connectivity index is 1.29. The van der Waals surface area contributed by atoms with Crippen LogP contribution in [0.4, 0.5) is 5.82 Å². The quantitative estimate of drug-likeness (QED) is 0.165. The maximum absolute atomic E-state index is 13.1. The monoisotopic (exact) mass is 662 g/mol. The molecule has 1 aliphatic heterocycles. The summed E-state index contributed by atoms with van der Waals surface area (Å²) in [6.07, 6.45) is -1.35. The van der Waals surface area contributed by atoms with Gasteiger partial charge in [0, 0.05) is 19.2 Å². The first-order valence-corrected chi connectivity index (χ1v) is 15.8. The number of nitrogens with two attached hydrogens (primary N) is 1. The first kappa shape index (κ1) is 33.4. The number of benzene rings is 4. The van der Waals surface area contributed by atoms with E-state index >= 15 is 0 Å². The highest BCUT2D eigenvalue weighted by Crippen LogP contribution is 2.42. The number of nitrogens with zero attached hydrogens (tertiary/aromatic N) is 2. The molecule has 2 heterocycles. The standard InChI is InChI=1S/C38H38N4O7/c1-46-29-17-13-27(14-18-29)38(26-11-7-4-8-12-26,28-15-19-30(47-2)20-16-28)48-24-33-32(43)21-34(49-33)42-23-31(35(39)41-37(42)45)36(44)40-22-25-9-5-3-6-10-25/h3-20,23,32-34,43H,21-22,24H2,1-2H3,(H,40,44)(H2,39,41,45)/t32-,33+,34+/m0/s1. The third kappa shape index (κ3) is 7.05. The summed E-state index contributed by atoms with van der Waals surface area (Å²) in [6, 6.07) is 34.4. The number of carbonyl (C=O) groups is 1. The Bertz CT molecular complexity index is 1870. The maximum atomic E-state index is 13.1. The summed E-state index contributed by atoms with van der Waals surface area (Å²) in [5.74, 6) is 0.687. The summed E-state index contributed by atoms with van der Waals surface area (Å²) in [5.41, 5.74) is 7.57. The van der Waals surface area contributed by atoms with Crippen LogP contribution in [-0.4, -0.2) is 53.6 Å². The number of amides is 1. The molecule has 0 bridgehead atoms. The van der Waals surface area contributed by atoms with Gasteiger partial charge in [-0.05, 0) is 46.5 Å². The minimum atomic E-state index is -1.13. The van der Waals surface area contributed by atoms with Crippen LogP contribution >= 0.6 is 0 Å². The Kier molecular flexibility index (Phi) is 10.0. The predicted octanol–water partition coefficient (Wildman–Crippen LogP) is 4.43. The third-order valence-electron chi connectivity index (χ3n) is 8.67. The molecule has 0 unspecified atom stereocenters. The van der Waals surface area contributed by atoms with E-state index in [0.717, 1.165) is 22.3 Å². The second-order valence-corrected chi connectivity index (χ2v) is 11.6. The summed E-state index contributed by atoms with van der Waals surface area (Å²) in [7, 11) is 3.22. The van der Waals surface area contributed by atoms with Gasteiger partial charge in [0.05, 0.1) is 32.5 Å². The lowest BCUT2D eigenvalue weighted by Crippen LogP contribution is -2.38. The second-order valence-electron chi connectivity index (χ2n) is 11.6. The Morgan fingerprint density at radius 1 is 0.898 bits per heavy atom. The summed E-state index contributed by atoms with van der Waals surface area (Å²) in [4.78, 5) is 30.0. The van der Waals surface area contributed by atoms with E-state index in [1.807, 2.05) is 109 Å². The fourth-order valence-electron chi connectivity index (χ4n) is 6.05. The molecule has 0 saturated carbocycles. The number of nitrogen functional groups attached to an aromatic ring is 1. The molecule has 1 aliphatic rings. The SMILES string of the molecule is COc1ccc(C(OC[C@H]2O[C@@H](n3cc(C(=O)NCc4ccccc4)c(N)nc3=O)C[C@@H]2O)(c2ccccc2)c2ccc(OC)cc2)cc1. The van der Waals surface area contributed by atoms with Gasteiger partial charge in [-0.15, -0.1) is 0 Å². The van der Waals surface area contributed by atoms with Crippen molar-refractivity contribution in [3.05, 3.63) is 154 Å². The lowest BCUT2D eigenvalue weighted by molar-refractivity contribution is -0.0944. The van der Waals surface area contributed by atoms with Gasteiger partial charge in [-0.25, -0.2) is 4.79 Å². The van der Waals surface area contributed by atoms with Gasteiger partial charge in [0.1, 0.15) is 35.2 Å². The molecule has 1 aromatic heterocycles. The number of hydrogen-bond donors (Lipinski definition) is 3. The van der Waals surface area contributed by atoms with Crippen LogP contribution in [0.3, 0.4) is 0 Å². The fourth-order valence-corrected chi connectivity index (χ4v) is 6.05. The molecule has 1 fully saturated rings. The van der Waals surface area contributed by atoms with Gasteiger partial charge in [-0.1, -0.05) is 84.9 Å². The highest BCUT2D eigenvalue weighted by molar-refractivity contribution is 5.97. The maximum Gasteiger partial charge on any atom is 0.351 e. The lowest BCUT2D eigenvalue weighted by atomic mass is 9.80. The van der Waals surface area contributed by atoms with Crippen LogP contribution in [0, 0.1) is 0 Å². The van der Waals surface area contributed by atoms with Gasteiger partial charge in [0.2, 0.25) is 0 Å².